The van der Waals surface area contributed by atoms with Crippen molar-refractivity contribution < 1.29 is 13.5 Å². The van der Waals surface area contributed by atoms with E-state index >= 15 is 0 Å². The highest BCUT2D eigenvalue weighted by molar-refractivity contribution is 14.0. The predicted molar refractivity (Wildman–Crippen MR) is 130 cm³/mol. The van der Waals surface area contributed by atoms with E-state index in [0.717, 1.165) is 4.88 Å². The van der Waals surface area contributed by atoms with Crippen LogP contribution in [0.25, 0.3) is 0 Å². The number of benzene rings is 1. The Kier molecular flexibility index (Phi) is 10.9. The quantitative estimate of drug-likeness (QED) is 0.160. The van der Waals surface area contributed by atoms with E-state index in [0.29, 0.717) is 24.1 Å². The Bertz CT molecular complexity index is 890. The van der Waals surface area contributed by atoms with Gasteiger partial charge in [-0.25, -0.2) is 18.1 Å². The van der Waals surface area contributed by atoms with Crippen LogP contribution in [0, 0.1) is 0 Å². The third kappa shape index (κ3) is 8.38. The molecule has 0 saturated carbocycles. The van der Waals surface area contributed by atoms with E-state index in [1.807, 2.05) is 24.4 Å². The number of nitrogens with one attached hydrogen (secondary N) is 3. The van der Waals surface area contributed by atoms with Gasteiger partial charge in [0.1, 0.15) is 5.60 Å². The number of hydrogen-bond donors (Lipinski definition) is 4. The van der Waals surface area contributed by atoms with Crippen molar-refractivity contribution in [2.45, 2.75) is 24.3 Å². The highest BCUT2D eigenvalue weighted by atomic mass is 127. The molecule has 162 valence electrons. The molecular formula is C18H26ClIN4O3S2. The van der Waals surface area contributed by atoms with Crippen LogP contribution in [0.15, 0.2) is 51.7 Å². The Hall–Kier alpha value is -0.920. The zero-order valence-electron chi connectivity index (χ0n) is 16.2. The Morgan fingerprint density at radius 3 is 2.62 bits per heavy atom. The molecule has 4 N–H and O–H groups in total. The largest absolute Gasteiger partial charge is 0.383 e. The van der Waals surface area contributed by atoms with Gasteiger partial charge in [0.2, 0.25) is 10.0 Å². The number of guanidine groups is 1. The minimum absolute atomic E-state index is 0. The van der Waals surface area contributed by atoms with Gasteiger partial charge in [-0.2, -0.15) is 0 Å². The van der Waals surface area contributed by atoms with Gasteiger partial charge in [0.25, 0.3) is 0 Å². The Labute approximate surface area is 198 Å². The minimum Gasteiger partial charge on any atom is -0.383 e. The van der Waals surface area contributed by atoms with Gasteiger partial charge in [0.15, 0.2) is 5.96 Å². The average molecular weight is 573 g/mol. The summed E-state index contributed by atoms with van der Waals surface area (Å²) >= 11 is 7.32. The molecule has 0 saturated heterocycles. The van der Waals surface area contributed by atoms with Crippen LogP contribution in [0.4, 0.5) is 0 Å². The Balaban J connectivity index is 0.00000420. The lowest BCUT2D eigenvalue weighted by atomic mass is 10.1. The minimum atomic E-state index is -3.63. The molecule has 0 aliphatic heterocycles. The molecule has 1 aromatic carbocycles. The molecule has 29 heavy (non-hydrogen) atoms. The van der Waals surface area contributed by atoms with Crippen molar-refractivity contribution in [3.05, 3.63) is 51.7 Å². The first-order valence-electron chi connectivity index (χ1n) is 8.78. The second kappa shape index (κ2) is 12.1. The van der Waals surface area contributed by atoms with Crippen LogP contribution in [0.3, 0.4) is 0 Å². The van der Waals surface area contributed by atoms with Gasteiger partial charge in [-0.3, -0.25) is 0 Å². The van der Waals surface area contributed by atoms with E-state index in [1.165, 1.54) is 23.5 Å². The maximum atomic E-state index is 12.3. The Morgan fingerprint density at radius 2 is 2.00 bits per heavy atom. The third-order valence-electron chi connectivity index (χ3n) is 3.76. The molecule has 2 aromatic rings. The summed E-state index contributed by atoms with van der Waals surface area (Å²) in [5.41, 5.74) is -1.06. The molecule has 0 spiro atoms. The lowest BCUT2D eigenvalue weighted by Gasteiger charge is -2.20. The highest BCUT2D eigenvalue weighted by Crippen LogP contribution is 2.25. The first kappa shape index (κ1) is 26.1. The molecule has 1 unspecified atom stereocenters. The van der Waals surface area contributed by atoms with Crippen LogP contribution in [-0.4, -0.2) is 45.7 Å². The van der Waals surface area contributed by atoms with Gasteiger partial charge in [-0.05, 0) is 43.5 Å². The predicted octanol–water partition coefficient (Wildman–Crippen LogP) is 2.76. The summed E-state index contributed by atoms with van der Waals surface area (Å²) in [6.07, 6.45) is 0. The fourth-order valence-electron chi connectivity index (χ4n) is 2.32. The van der Waals surface area contributed by atoms with E-state index in [-0.39, 0.29) is 42.0 Å². The van der Waals surface area contributed by atoms with E-state index in [4.69, 9.17) is 11.6 Å². The molecule has 0 aliphatic carbocycles. The first-order valence-corrected chi connectivity index (χ1v) is 11.5. The monoisotopic (exact) mass is 572 g/mol. The maximum Gasteiger partial charge on any atom is 0.240 e. The van der Waals surface area contributed by atoms with Crippen LogP contribution in [0.2, 0.25) is 5.02 Å². The van der Waals surface area contributed by atoms with Crippen molar-refractivity contribution in [1.82, 2.24) is 15.4 Å². The molecule has 1 atom stereocenters. The number of halogens is 2. The van der Waals surface area contributed by atoms with Crippen LogP contribution >= 0.6 is 46.9 Å². The summed E-state index contributed by atoms with van der Waals surface area (Å²) in [4.78, 5) is 5.35. The van der Waals surface area contributed by atoms with Crippen LogP contribution in [0.1, 0.15) is 18.7 Å². The fraction of sp³-hybridized carbons (Fsp3) is 0.389. The maximum absolute atomic E-state index is 12.3. The van der Waals surface area contributed by atoms with E-state index < -0.39 is 15.6 Å². The standard InChI is InChI=1S/C18H25ClN4O3S2.HI/c1-3-20-17(22-13-18(2,24)16-8-5-11-27-16)21-9-10-23-28(25,26)15-7-4-6-14(19)12-15;/h4-8,11-12,23-24H,3,9-10,13H2,1-2H3,(H2,20,21,22);1H. The summed E-state index contributed by atoms with van der Waals surface area (Å²) in [6, 6.07) is 9.84. The number of hydrogen-bond acceptors (Lipinski definition) is 5. The zero-order chi connectivity index (χ0) is 20.6. The zero-order valence-corrected chi connectivity index (χ0v) is 20.9. The van der Waals surface area contributed by atoms with Gasteiger partial charge < -0.3 is 15.7 Å². The number of aliphatic imine (C=N–C) groups is 1. The summed E-state index contributed by atoms with van der Waals surface area (Å²) in [5.74, 6) is 0.501. The van der Waals surface area contributed by atoms with E-state index in [1.54, 1.807) is 19.1 Å². The molecule has 0 aliphatic rings. The second-order valence-electron chi connectivity index (χ2n) is 6.23. The number of nitrogens with zero attached hydrogens (tertiary/aromatic N) is 1. The molecule has 7 nitrogen and oxygen atoms in total. The summed E-state index contributed by atoms with van der Waals surface area (Å²) in [5, 5.41) is 19.0. The smallest absolute Gasteiger partial charge is 0.240 e. The number of sulfonamides is 1. The highest BCUT2D eigenvalue weighted by Gasteiger charge is 2.24. The van der Waals surface area contributed by atoms with Crippen molar-refractivity contribution >= 4 is 62.9 Å². The lowest BCUT2D eigenvalue weighted by molar-refractivity contribution is 0.0711. The van der Waals surface area contributed by atoms with Crippen LogP contribution in [0.5, 0.6) is 0 Å². The molecule has 0 bridgehead atoms. The lowest BCUT2D eigenvalue weighted by Crippen LogP contribution is -2.42. The fourth-order valence-corrected chi connectivity index (χ4v) is 4.43. The number of aliphatic hydroxyl groups is 1. The molecule has 0 fully saturated rings. The van der Waals surface area contributed by atoms with Gasteiger partial charge >= 0.3 is 0 Å². The molecule has 11 heteroatoms. The topological polar surface area (TPSA) is 103 Å². The van der Waals surface area contributed by atoms with Crippen LogP contribution < -0.4 is 15.4 Å². The second-order valence-corrected chi connectivity index (χ2v) is 9.38. The van der Waals surface area contributed by atoms with Gasteiger partial charge in [0, 0.05) is 29.5 Å². The van der Waals surface area contributed by atoms with Gasteiger partial charge in [-0.1, -0.05) is 23.7 Å². The van der Waals surface area contributed by atoms with Crippen molar-refractivity contribution in [2.24, 2.45) is 4.99 Å². The van der Waals surface area contributed by atoms with Gasteiger partial charge in [-0.15, -0.1) is 35.3 Å². The first-order chi connectivity index (χ1) is 13.2. The molecule has 2 rings (SSSR count). The molecule has 0 amide bonds. The van der Waals surface area contributed by atoms with Crippen molar-refractivity contribution in [3.8, 4) is 0 Å². The number of rotatable bonds is 9. The molecule has 1 heterocycles. The Morgan fingerprint density at radius 1 is 1.24 bits per heavy atom. The van der Waals surface area contributed by atoms with E-state index in [9.17, 15) is 13.5 Å². The molecule has 1 aromatic heterocycles. The summed E-state index contributed by atoms with van der Waals surface area (Å²) < 4.78 is 27.1. The summed E-state index contributed by atoms with van der Waals surface area (Å²) in [7, 11) is -3.63. The average Bonchev–Trinajstić information content (AvgIpc) is 3.19. The summed E-state index contributed by atoms with van der Waals surface area (Å²) in [6.45, 7) is 4.95. The van der Waals surface area contributed by atoms with Crippen LogP contribution in [-0.2, 0) is 15.6 Å². The molecule has 0 radical (unpaired) electrons. The van der Waals surface area contributed by atoms with E-state index in [2.05, 4.69) is 20.3 Å². The van der Waals surface area contributed by atoms with Crippen molar-refractivity contribution in [1.29, 1.82) is 0 Å². The SMILES string of the molecule is CCNC(=NCC(C)(O)c1cccs1)NCCNS(=O)(=O)c1cccc(Cl)c1.I. The van der Waals surface area contributed by atoms with Crippen molar-refractivity contribution in [3.63, 3.8) is 0 Å². The normalized spacial score (nSPS) is 14.0. The third-order valence-corrected chi connectivity index (χ3v) is 6.57. The molecular weight excluding hydrogens is 547 g/mol. The van der Waals surface area contributed by atoms with Crippen molar-refractivity contribution in [2.75, 3.05) is 26.2 Å². The van der Waals surface area contributed by atoms with Gasteiger partial charge in [0.05, 0.1) is 11.4 Å². The number of thiophene rings is 1.